The number of benzene rings is 1. The van der Waals surface area contributed by atoms with Gasteiger partial charge < -0.3 is 16.4 Å². The Bertz CT molecular complexity index is 432. The number of carbonyl (C=O) groups is 2. The Morgan fingerprint density at radius 1 is 1.39 bits per heavy atom. The number of rotatable bonds is 5. The monoisotopic (exact) mass is 249 g/mol. The SMILES string of the molecule is CNC(=O)c1cccc(NC(=O)CC(C)CN)c1. The number of nitrogens with two attached hydrogens (primary N) is 1. The molecule has 98 valence electrons. The molecule has 4 N–H and O–H groups in total. The van der Waals surface area contributed by atoms with Gasteiger partial charge in [-0.05, 0) is 30.7 Å². The predicted octanol–water partition coefficient (Wildman–Crippen LogP) is 0.970. The van der Waals surface area contributed by atoms with Crippen LogP contribution in [0.15, 0.2) is 24.3 Å². The van der Waals surface area contributed by atoms with Crippen LogP contribution in [0.4, 0.5) is 5.69 Å². The van der Waals surface area contributed by atoms with Gasteiger partial charge >= 0.3 is 0 Å². The van der Waals surface area contributed by atoms with Crippen LogP contribution in [0.1, 0.15) is 23.7 Å². The van der Waals surface area contributed by atoms with Crippen LogP contribution in [0.2, 0.25) is 0 Å². The predicted molar refractivity (Wildman–Crippen MR) is 71.3 cm³/mol. The highest BCUT2D eigenvalue weighted by atomic mass is 16.2. The molecule has 0 heterocycles. The second kappa shape index (κ2) is 6.76. The fourth-order valence-corrected chi connectivity index (χ4v) is 1.49. The minimum absolute atomic E-state index is 0.0954. The van der Waals surface area contributed by atoms with Crippen LogP contribution in [0.3, 0.4) is 0 Å². The first kappa shape index (κ1) is 14.2. The Hall–Kier alpha value is -1.88. The van der Waals surface area contributed by atoms with Gasteiger partial charge in [0.05, 0.1) is 0 Å². The summed E-state index contributed by atoms with van der Waals surface area (Å²) < 4.78 is 0. The topological polar surface area (TPSA) is 84.2 Å². The van der Waals surface area contributed by atoms with Gasteiger partial charge in [-0.3, -0.25) is 9.59 Å². The minimum Gasteiger partial charge on any atom is -0.355 e. The van der Waals surface area contributed by atoms with Crippen molar-refractivity contribution >= 4 is 17.5 Å². The third kappa shape index (κ3) is 4.18. The highest BCUT2D eigenvalue weighted by Gasteiger charge is 2.09. The third-order valence-corrected chi connectivity index (χ3v) is 2.57. The first-order valence-electron chi connectivity index (χ1n) is 5.89. The summed E-state index contributed by atoms with van der Waals surface area (Å²) in [5.41, 5.74) is 6.59. The Morgan fingerprint density at radius 2 is 2.11 bits per heavy atom. The van der Waals surface area contributed by atoms with Crippen molar-refractivity contribution < 1.29 is 9.59 Å². The zero-order valence-corrected chi connectivity index (χ0v) is 10.7. The van der Waals surface area contributed by atoms with Crippen LogP contribution in [-0.2, 0) is 4.79 Å². The van der Waals surface area contributed by atoms with E-state index in [1.165, 1.54) is 0 Å². The molecular formula is C13H19N3O2. The molecule has 0 spiro atoms. The van der Waals surface area contributed by atoms with Crippen LogP contribution in [-0.4, -0.2) is 25.4 Å². The molecule has 0 saturated carbocycles. The lowest BCUT2D eigenvalue weighted by molar-refractivity contribution is -0.116. The van der Waals surface area contributed by atoms with E-state index in [0.29, 0.717) is 24.2 Å². The largest absolute Gasteiger partial charge is 0.355 e. The molecule has 0 aliphatic rings. The zero-order valence-electron chi connectivity index (χ0n) is 10.7. The molecule has 1 aromatic rings. The standard InChI is InChI=1S/C13H19N3O2/c1-9(8-14)6-12(17)16-11-5-3-4-10(7-11)13(18)15-2/h3-5,7,9H,6,8,14H2,1-2H3,(H,15,18)(H,16,17). The lowest BCUT2D eigenvalue weighted by Crippen LogP contribution is -2.21. The van der Waals surface area contributed by atoms with E-state index < -0.39 is 0 Å². The summed E-state index contributed by atoms with van der Waals surface area (Å²) in [6, 6.07) is 6.81. The van der Waals surface area contributed by atoms with Gasteiger partial charge in [0.1, 0.15) is 0 Å². The van der Waals surface area contributed by atoms with Crippen molar-refractivity contribution in [3.05, 3.63) is 29.8 Å². The molecule has 1 aromatic carbocycles. The summed E-state index contributed by atoms with van der Waals surface area (Å²) in [7, 11) is 1.57. The highest BCUT2D eigenvalue weighted by Crippen LogP contribution is 2.12. The fraction of sp³-hybridized carbons (Fsp3) is 0.385. The lowest BCUT2D eigenvalue weighted by Gasteiger charge is -2.10. The maximum atomic E-state index is 11.7. The molecule has 18 heavy (non-hydrogen) atoms. The molecule has 1 atom stereocenters. The van der Waals surface area contributed by atoms with Crippen molar-refractivity contribution in [1.82, 2.24) is 5.32 Å². The summed E-state index contributed by atoms with van der Waals surface area (Å²) >= 11 is 0. The molecule has 0 fully saturated rings. The summed E-state index contributed by atoms with van der Waals surface area (Å²) in [4.78, 5) is 23.1. The Labute approximate surface area is 107 Å². The molecule has 0 aliphatic heterocycles. The van der Waals surface area contributed by atoms with E-state index in [1.54, 1.807) is 31.3 Å². The van der Waals surface area contributed by atoms with Gasteiger partial charge in [0.2, 0.25) is 5.91 Å². The first-order valence-corrected chi connectivity index (χ1v) is 5.89. The van der Waals surface area contributed by atoms with Gasteiger partial charge in [0.15, 0.2) is 0 Å². The average Bonchev–Trinajstić information content (AvgIpc) is 2.37. The molecule has 0 bridgehead atoms. The second-order valence-electron chi connectivity index (χ2n) is 4.25. The number of anilines is 1. The molecule has 2 amide bonds. The van der Waals surface area contributed by atoms with Crippen molar-refractivity contribution in [2.24, 2.45) is 11.7 Å². The van der Waals surface area contributed by atoms with Gasteiger partial charge in [-0.1, -0.05) is 13.0 Å². The van der Waals surface area contributed by atoms with Gasteiger partial charge in [-0.2, -0.15) is 0 Å². The molecule has 0 aliphatic carbocycles. The maximum Gasteiger partial charge on any atom is 0.251 e. The molecule has 0 saturated heterocycles. The van der Waals surface area contributed by atoms with Gasteiger partial charge in [-0.25, -0.2) is 0 Å². The summed E-state index contributed by atoms with van der Waals surface area (Å²) in [5.74, 6) is -0.129. The number of hydrogen-bond donors (Lipinski definition) is 3. The number of nitrogens with one attached hydrogen (secondary N) is 2. The van der Waals surface area contributed by atoms with Crippen molar-refractivity contribution in [3.8, 4) is 0 Å². The van der Waals surface area contributed by atoms with E-state index in [4.69, 9.17) is 5.73 Å². The van der Waals surface area contributed by atoms with E-state index in [2.05, 4.69) is 10.6 Å². The van der Waals surface area contributed by atoms with Crippen molar-refractivity contribution in [1.29, 1.82) is 0 Å². The highest BCUT2D eigenvalue weighted by molar-refractivity contribution is 5.97. The number of amides is 2. The fourth-order valence-electron chi connectivity index (χ4n) is 1.49. The van der Waals surface area contributed by atoms with E-state index in [0.717, 1.165) is 0 Å². The first-order chi connectivity index (χ1) is 8.56. The van der Waals surface area contributed by atoms with Crippen LogP contribution >= 0.6 is 0 Å². The zero-order chi connectivity index (χ0) is 13.5. The molecule has 1 unspecified atom stereocenters. The molecular weight excluding hydrogens is 230 g/mol. The summed E-state index contributed by atoms with van der Waals surface area (Å²) in [6.45, 7) is 2.40. The normalized spacial score (nSPS) is 11.7. The quantitative estimate of drug-likeness (QED) is 0.727. The van der Waals surface area contributed by atoms with Gasteiger partial charge in [0, 0.05) is 24.7 Å². The van der Waals surface area contributed by atoms with Crippen LogP contribution in [0, 0.1) is 5.92 Å². The lowest BCUT2D eigenvalue weighted by atomic mass is 10.1. The Balaban J connectivity index is 2.67. The molecule has 0 radical (unpaired) electrons. The third-order valence-electron chi connectivity index (χ3n) is 2.57. The van der Waals surface area contributed by atoms with E-state index in [-0.39, 0.29) is 17.7 Å². The van der Waals surface area contributed by atoms with E-state index in [1.807, 2.05) is 6.92 Å². The molecule has 0 aromatic heterocycles. The maximum absolute atomic E-state index is 11.7. The van der Waals surface area contributed by atoms with Crippen molar-refractivity contribution in [3.63, 3.8) is 0 Å². The van der Waals surface area contributed by atoms with Crippen molar-refractivity contribution in [2.45, 2.75) is 13.3 Å². The number of carbonyl (C=O) groups excluding carboxylic acids is 2. The van der Waals surface area contributed by atoms with Crippen LogP contribution in [0.25, 0.3) is 0 Å². The number of hydrogen-bond acceptors (Lipinski definition) is 3. The van der Waals surface area contributed by atoms with Crippen molar-refractivity contribution in [2.75, 3.05) is 18.9 Å². The Kier molecular flexibility index (Phi) is 5.32. The van der Waals surface area contributed by atoms with E-state index in [9.17, 15) is 9.59 Å². The van der Waals surface area contributed by atoms with E-state index >= 15 is 0 Å². The minimum atomic E-state index is -0.179. The van der Waals surface area contributed by atoms with Gasteiger partial charge in [-0.15, -0.1) is 0 Å². The summed E-state index contributed by atoms with van der Waals surface area (Å²) in [5, 5.41) is 5.29. The van der Waals surface area contributed by atoms with Crippen LogP contribution in [0.5, 0.6) is 0 Å². The summed E-state index contributed by atoms with van der Waals surface area (Å²) in [6.07, 6.45) is 0.376. The smallest absolute Gasteiger partial charge is 0.251 e. The molecule has 1 rings (SSSR count). The van der Waals surface area contributed by atoms with Gasteiger partial charge in [0.25, 0.3) is 5.91 Å². The second-order valence-corrected chi connectivity index (χ2v) is 4.25. The molecule has 5 heteroatoms. The Morgan fingerprint density at radius 3 is 2.72 bits per heavy atom. The average molecular weight is 249 g/mol. The van der Waals surface area contributed by atoms with Crippen LogP contribution < -0.4 is 16.4 Å². The molecule has 5 nitrogen and oxygen atoms in total.